The summed E-state index contributed by atoms with van der Waals surface area (Å²) in [7, 11) is 3.70. The predicted octanol–water partition coefficient (Wildman–Crippen LogP) is 2.15. The average Bonchev–Trinajstić information content (AvgIpc) is 2.08. The van der Waals surface area contributed by atoms with Crippen LogP contribution in [0.15, 0.2) is 0 Å². The molecule has 1 rings (SSSR count). The Bertz CT molecular complexity index is 189. The first-order chi connectivity index (χ1) is 6.02. The monoisotopic (exact) mass is 183 g/mol. The fourth-order valence-electron chi connectivity index (χ4n) is 2.14. The number of carbonyl (C=O) groups is 1. The molecule has 0 radical (unpaired) electrons. The van der Waals surface area contributed by atoms with Crippen molar-refractivity contribution in [1.82, 2.24) is 4.90 Å². The van der Waals surface area contributed by atoms with E-state index in [4.69, 9.17) is 0 Å². The Kier molecular flexibility index (Phi) is 3.34. The summed E-state index contributed by atoms with van der Waals surface area (Å²) in [5, 5.41) is 0. The van der Waals surface area contributed by atoms with Crippen LogP contribution in [0.5, 0.6) is 0 Å². The second-order valence-corrected chi connectivity index (χ2v) is 4.70. The zero-order valence-electron chi connectivity index (χ0n) is 9.21. The second kappa shape index (κ2) is 4.12. The Labute approximate surface area is 81.3 Å². The van der Waals surface area contributed by atoms with Crippen LogP contribution in [0, 0.1) is 17.8 Å². The zero-order chi connectivity index (χ0) is 10.0. The first kappa shape index (κ1) is 10.6. The SMILES string of the molecule is C[C@@H]1CC(C(=O)N(C)C)CC[C@@H]1C. The van der Waals surface area contributed by atoms with E-state index in [0.717, 1.165) is 18.8 Å². The molecule has 1 aliphatic rings. The Morgan fingerprint density at radius 1 is 1.15 bits per heavy atom. The van der Waals surface area contributed by atoms with Gasteiger partial charge in [0.05, 0.1) is 0 Å². The molecule has 1 amide bonds. The van der Waals surface area contributed by atoms with Crippen LogP contribution < -0.4 is 0 Å². The molecule has 0 N–H and O–H groups in total. The first-order valence-corrected chi connectivity index (χ1v) is 5.23. The van der Waals surface area contributed by atoms with Crippen molar-refractivity contribution in [3.63, 3.8) is 0 Å². The summed E-state index contributed by atoms with van der Waals surface area (Å²) in [6, 6.07) is 0. The van der Waals surface area contributed by atoms with Crippen molar-refractivity contribution >= 4 is 5.91 Å². The molecule has 3 atom stereocenters. The van der Waals surface area contributed by atoms with Gasteiger partial charge in [0.25, 0.3) is 0 Å². The summed E-state index contributed by atoms with van der Waals surface area (Å²) >= 11 is 0. The second-order valence-electron chi connectivity index (χ2n) is 4.70. The van der Waals surface area contributed by atoms with Gasteiger partial charge in [-0.3, -0.25) is 4.79 Å². The van der Waals surface area contributed by atoms with Crippen molar-refractivity contribution in [3.05, 3.63) is 0 Å². The summed E-state index contributed by atoms with van der Waals surface area (Å²) in [5.41, 5.74) is 0. The summed E-state index contributed by atoms with van der Waals surface area (Å²) < 4.78 is 0. The number of hydrogen-bond acceptors (Lipinski definition) is 1. The normalized spacial score (nSPS) is 34.3. The third-order valence-electron chi connectivity index (χ3n) is 3.39. The van der Waals surface area contributed by atoms with Crippen LogP contribution in [0.25, 0.3) is 0 Å². The molecule has 76 valence electrons. The first-order valence-electron chi connectivity index (χ1n) is 5.23. The molecule has 1 saturated carbocycles. The van der Waals surface area contributed by atoms with Crippen molar-refractivity contribution < 1.29 is 4.79 Å². The average molecular weight is 183 g/mol. The third kappa shape index (κ3) is 2.45. The fraction of sp³-hybridized carbons (Fsp3) is 0.909. The van der Waals surface area contributed by atoms with Gasteiger partial charge in [0, 0.05) is 20.0 Å². The third-order valence-corrected chi connectivity index (χ3v) is 3.39. The van der Waals surface area contributed by atoms with E-state index in [-0.39, 0.29) is 0 Å². The highest BCUT2D eigenvalue weighted by atomic mass is 16.2. The van der Waals surface area contributed by atoms with Crippen LogP contribution in [0.3, 0.4) is 0 Å². The van der Waals surface area contributed by atoms with Gasteiger partial charge in [0.2, 0.25) is 5.91 Å². The minimum atomic E-state index is 0.293. The van der Waals surface area contributed by atoms with E-state index in [2.05, 4.69) is 13.8 Å². The van der Waals surface area contributed by atoms with Gasteiger partial charge in [-0.1, -0.05) is 13.8 Å². The lowest BCUT2D eigenvalue weighted by Gasteiger charge is -2.32. The summed E-state index contributed by atoms with van der Waals surface area (Å²) in [6.45, 7) is 4.56. The highest BCUT2D eigenvalue weighted by Crippen LogP contribution is 2.33. The molecular formula is C11H21NO. The molecule has 0 saturated heterocycles. The zero-order valence-corrected chi connectivity index (χ0v) is 9.21. The quantitative estimate of drug-likeness (QED) is 0.610. The Balaban J connectivity index is 2.50. The van der Waals surface area contributed by atoms with E-state index in [0.29, 0.717) is 17.7 Å². The molecule has 13 heavy (non-hydrogen) atoms. The van der Waals surface area contributed by atoms with Crippen molar-refractivity contribution in [1.29, 1.82) is 0 Å². The van der Waals surface area contributed by atoms with E-state index < -0.39 is 0 Å². The molecule has 0 bridgehead atoms. The number of amides is 1. The number of hydrogen-bond donors (Lipinski definition) is 0. The maximum absolute atomic E-state index is 11.7. The van der Waals surface area contributed by atoms with Crippen LogP contribution >= 0.6 is 0 Å². The van der Waals surface area contributed by atoms with Gasteiger partial charge in [0.1, 0.15) is 0 Å². The molecule has 0 aliphatic heterocycles. The topological polar surface area (TPSA) is 20.3 Å². The number of carbonyl (C=O) groups excluding carboxylic acids is 1. The molecule has 0 spiro atoms. The maximum atomic E-state index is 11.7. The number of nitrogens with zero attached hydrogens (tertiary/aromatic N) is 1. The molecule has 0 aromatic heterocycles. The van der Waals surface area contributed by atoms with Gasteiger partial charge >= 0.3 is 0 Å². The lowest BCUT2D eigenvalue weighted by atomic mass is 9.75. The molecule has 1 fully saturated rings. The Morgan fingerprint density at radius 3 is 2.23 bits per heavy atom. The Hall–Kier alpha value is -0.530. The Morgan fingerprint density at radius 2 is 1.77 bits per heavy atom. The summed E-state index contributed by atoms with van der Waals surface area (Å²) in [4.78, 5) is 13.4. The maximum Gasteiger partial charge on any atom is 0.225 e. The lowest BCUT2D eigenvalue weighted by Crippen LogP contribution is -2.34. The lowest BCUT2D eigenvalue weighted by molar-refractivity contribution is -0.134. The largest absolute Gasteiger partial charge is 0.349 e. The van der Waals surface area contributed by atoms with Gasteiger partial charge in [-0.15, -0.1) is 0 Å². The van der Waals surface area contributed by atoms with Crippen LogP contribution in [-0.4, -0.2) is 24.9 Å². The molecule has 1 aliphatic carbocycles. The molecule has 0 aromatic carbocycles. The van der Waals surface area contributed by atoms with Crippen LogP contribution in [0.2, 0.25) is 0 Å². The van der Waals surface area contributed by atoms with Crippen LogP contribution in [0.1, 0.15) is 33.1 Å². The van der Waals surface area contributed by atoms with E-state index in [1.165, 1.54) is 6.42 Å². The van der Waals surface area contributed by atoms with Gasteiger partial charge in [-0.05, 0) is 31.1 Å². The van der Waals surface area contributed by atoms with Crippen LogP contribution in [-0.2, 0) is 4.79 Å². The number of rotatable bonds is 1. The minimum Gasteiger partial charge on any atom is -0.349 e. The highest BCUT2D eigenvalue weighted by molar-refractivity contribution is 5.78. The van der Waals surface area contributed by atoms with E-state index in [9.17, 15) is 4.79 Å². The molecule has 0 aromatic rings. The smallest absolute Gasteiger partial charge is 0.225 e. The minimum absolute atomic E-state index is 0.293. The van der Waals surface area contributed by atoms with Gasteiger partial charge in [0.15, 0.2) is 0 Å². The highest BCUT2D eigenvalue weighted by Gasteiger charge is 2.29. The van der Waals surface area contributed by atoms with Crippen LogP contribution in [0.4, 0.5) is 0 Å². The van der Waals surface area contributed by atoms with E-state index in [1.54, 1.807) is 4.90 Å². The molecule has 0 heterocycles. The molecule has 2 nitrogen and oxygen atoms in total. The van der Waals surface area contributed by atoms with Crippen molar-refractivity contribution in [2.75, 3.05) is 14.1 Å². The van der Waals surface area contributed by atoms with Gasteiger partial charge in [-0.25, -0.2) is 0 Å². The van der Waals surface area contributed by atoms with Gasteiger partial charge < -0.3 is 4.90 Å². The van der Waals surface area contributed by atoms with Crippen molar-refractivity contribution in [3.8, 4) is 0 Å². The molecule has 1 unspecified atom stereocenters. The summed E-state index contributed by atoms with van der Waals surface area (Å²) in [6.07, 6.45) is 3.38. The van der Waals surface area contributed by atoms with E-state index in [1.807, 2.05) is 14.1 Å². The fourth-order valence-corrected chi connectivity index (χ4v) is 2.14. The molecular weight excluding hydrogens is 162 g/mol. The standard InChI is InChI=1S/C11H21NO/c1-8-5-6-10(7-9(8)2)11(13)12(3)4/h8-10H,5-7H2,1-4H3/t8-,9+,10?/m0/s1. The predicted molar refractivity (Wildman–Crippen MR) is 54.4 cm³/mol. The van der Waals surface area contributed by atoms with Crippen molar-refractivity contribution in [2.24, 2.45) is 17.8 Å². The molecule has 2 heteroatoms. The van der Waals surface area contributed by atoms with E-state index >= 15 is 0 Å². The van der Waals surface area contributed by atoms with Gasteiger partial charge in [-0.2, -0.15) is 0 Å². The summed E-state index contributed by atoms with van der Waals surface area (Å²) in [5.74, 6) is 2.12. The van der Waals surface area contributed by atoms with Crippen molar-refractivity contribution in [2.45, 2.75) is 33.1 Å².